The molecule has 1 rings (SSSR count). The van der Waals surface area contributed by atoms with E-state index in [9.17, 15) is 14.4 Å². The Morgan fingerprint density at radius 3 is 2.06 bits per heavy atom. The van der Waals surface area contributed by atoms with E-state index < -0.39 is 17.8 Å². The molecule has 1 aromatic rings. The van der Waals surface area contributed by atoms with Crippen LogP contribution in [-0.2, 0) is 9.59 Å². The van der Waals surface area contributed by atoms with E-state index in [1.807, 2.05) is 0 Å². The van der Waals surface area contributed by atoms with Crippen LogP contribution in [0.3, 0.4) is 0 Å². The minimum Gasteiger partial charge on any atom is -0.477 e. The average Bonchev–Trinajstić information content (AvgIpc) is 2.27. The summed E-state index contributed by atoms with van der Waals surface area (Å²) in [5.74, 6) is -2.45. The van der Waals surface area contributed by atoms with Gasteiger partial charge in [-0.2, -0.15) is 0 Å². The molecule has 0 aliphatic heterocycles. The highest BCUT2D eigenvalue weighted by molar-refractivity contribution is 5.87. The van der Waals surface area contributed by atoms with Gasteiger partial charge in [0.05, 0.1) is 25.0 Å². The van der Waals surface area contributed by atoms with Crippen LogP contribution in [0.5, 0.6) is 0 Å². The molecule has 0 aliphatic carbocycles. The van der Waals surface area contributed by atoms with E-state index in [0.717, 1.165) is 0 Å². The molecule has 18 heavy (non-hydrogen) atoms. The number of carbonyl (C=O) groups is 3. The number of aromatic nitrogens is 1. The molecule has 0 fully saturated rings. The molecular formula is C10H12N4O4. The molecule has 8 nitrogen and oxygen atoms in total. The molecule has 0 aliphatic rings. The molecule has 0 bridgehead atoms. The molecule has 0 spiro atoms. The second-order valence-electron chi connectivity index (χ2n) is 3.50. The SMILES string of the molecule is NC(=O)CN(CC(N)=O)c1ccc(C(=O)O)nc1. The first kappa shape index (κ1) is 13.4. The van der Waals surface area contributed by atoms with Gasteiger partial charge in [0.15, 0.2) is 0 Å². The summed E-state index contributed by atoms with van der Waals surface area (Å²) in [5.41, 5.74) is 10.3. The molecule has 8 heteroatoms. The van der Waals surface area contributed by atoms with Gasteiger partial charge in [-0.25, -0.2) is 9.78 Å². The number of carbonyl (C=O) groups excluding carboxylic acids is 2. The van der Waals surface area contributed by atoms with Crippen LogP contribution in [0.25, 0.3) is 0 Å². The number of primary amides is 2. The Hall–Kier alpha value is -2.64. The fourth-order valence-electron chi connectivity index (χ4n) is 1.31. The van der Waals surface area contributed by atoms with Crippen LogP contribution in [0.1, 0.15) is 10.5 Å². The van der Waals surface area contributed by atoms with E-state index >= 15 is 0 Å². The van der Waals surface area contributed by atoms with E-state index in [0.29, 0.717) is 5.69 Å². The van der Waals surface area contributed by atoms with Crippen molar-refractivity contribution in [1.82, 2.24) is 4.98 Å². The number of anilines is 1. The Balaban J connectivity index is 2.93. The van der Waals surface area contributed by atoms with E-state index in [1.165, 1.54) is 23.2 Å². The molecular weight excluding hydrogens is 240 g/mol. The summed E-state index contributed by atoms with van der Waals surface area (Å²) in [6.07, 6.45) is 1.23. The van der Waals surface area contributed by atoms with Gasteiger partial charge < -0.3 is 21.5 Å². The third kappa shape index (κ3) is 3.74. The summed E-state index contributed by atoms with van der Waals surface area (Å²) in [4.78, 5) is 37.3. The number of hydrogen-bond acceptors (Lipinski definition) is 5. The van der Waals surface area contributed by atoms with Crippen molar-refractivity contribution in [2.45, 2.75) is 0 Å². The summed E-state index contributed by atoms with van der Waals surface area (Å²) in [5, 5.41) is 8.68. The van der Waals surface area contributed by atoms with Gasteiger partial charge in [-0.1, -0.05) is 0 Å². The topological polar surface area (TPSA) is 140 Å². The van der Waals surface area contributed by atoms with E-state index in [4.69, 9.17) is 16.6 Å². The van der Waals surface area contributed by atoms with E-state index in [2.05, 4.69) is 4.98 Å². The standard InChI is InChI=1S/C10H12N4O4/c11-8(15)4-14(5-9(12)16)6-1-2-7(10(17)18)13-3-6/h1-3H,4-5H2,(H2,11,15)(H2,12,16)(H,17,18). The number of carboxylic acids is 1. The number of pyridine rings is 1. The van der Waals surface area contributed by atoms with Crippen molar-refractivity contribution >= 4 is 23.5 Å². The van der Waals surface area contributed by atoms with Crippen molar-refractivity contribution in [2.75, 3.05) is 18.0 Å². The predicted molar refractivity (Wildman–Crippen MR) is 61.8 cm³/mol. The maximum Gasteiger partial charge on any atom is 0.354 e. The van der Waals surface area contributed by atoms with Crippen molar-refractivity contribution in [3.8, 4) is 0 Å². The number of carboxylic acid groups (broad SMARTS) is 1. The summed E-state index contributed by atoms with van der Waals surface area (Å²) in [6, 6.07) is 2.68. The molecule has 0 atom stereocenters. The number of amides is 2. The second kappa shape index (κ2) is 5.62. The van der Waals surface area contributed by atoms with Gasteiger partial charge in [-0.05, 0) is 12.1 Å². The first-order valence-electron chi connectivity index (χ1n) is 4.91. The normalized spacial score (nSPS) is 9.78. The lowest BCUT2D eigenvalue weighted by molar-refractivity contribution is -0.117. The Bertz CT molecular complexity index is 455. The number of rotatable bonds is 6. The minimum absolute atomic E-state index is 0.142. The Morgan fingerprint density at radius 2 is 1.72 bits per heavy atom. The zero-order valence-electron chi connectivity index (χ0n) is 9.37. The van der Waals surface area contributed by atoms with Crippen LogP contribution in [0.2, 0.25) is 0 Å². The molecule has 5 N–H and O–H groups in total. The molecule has 0 radical (unpaired) electrons. The molecule has 1 aromatic heterocycles. The molecule has 1 heterocycles. The van der Waals surface area contributed by atoms with Gasteiger partial charge >= 0.3 is 5.97 Å². The largest absolute Gasteiger partial charge is 0.477 e. The maximum atomic E-state index is 10.9. The highest BCUT2D eigenvalue weighted by atomic mass is 16.4. The highest BCUT2D eigenvalue weighted by Crippen LogP contribution is 2.12. The summed E-state index contributed by atoms with van der Waals surface area (Å²) in [6.45, 7) is -0.423. The Morgan fingerprint density at radius 1 is 1.17 bits per heavy atom. The van der Waals surface area contributed by atoms with Crippen LogP contribution in [0.4, 0.5) is 5.69 Å². The summed E-state index contributed by atoms with van der Waals surface area (Å²) < 4.78 is 0. The molecule has 2 amide bonds. The number of aromatic carboxylic acids is 1. The lowest BCUT2D eigenvalue weighted by atomic mass is 10.3. The van der Waals surface area contributed by atoms with Crippen LogP contribution in [-0.4, -0.2) is 41.0 Å². The quantitative estimate of drug-likeness (QED) is 0.566. The first-order valence-corrected chi connectivity index (χ1v) is 4.91. The van der Waals surface area contributed by atoms with Crippen LogP contribution in [0, 0.1) is 0 Å². The smallest absolute Gasteiger partial charge is 0.354 e. The summed E-state index contributed by atoms with van der Waals surface area (Å²) >= 11 is 0. The van der Waals surface area contributed by atoms with Crippen LogP contribution < -0.4 is 16.4 Å². The minimum atomic E-state index is -1.17. The maximum absolute atomic E-state index is 10.9. The third-order valence-electron chi connectivity index (χ3n) is 2.03. The zero-order chi connectivity index (χ0) is 13.7. The predicted octanol–water partition coefficient (Wildman–Crippen LogP) is -1.44. The molecule has 0 unspecified atom stereocenters. The van der Waals surface area contributed by atoms with Crippen molar-refractivity contribution in [1.29, 1.82) is 0 Å². The lowest BCUT2D eigenvalue weighted by Crippen LogP contribution is -2.39. The van der Waals surface area contributed by atoms with E-state index in [-0.39, 0.29) is 18.8 Å². The number of hydrogen-bond donors (Lipinski definition) is 3. The van der Waals surface area contributed by atoms with Gasteiger partial charge in [0, 0.05) is 0 Å². The lowest BCUT2D eigenvalue weighted by Gasteiger charge is -2.21. The molecule has 96 valence electrons. The van der Waals surface area contributed by atoms with Gasteiger partial charge in [0.1, 0.15) is 5.69 Å². The van der Waals surface area contributed by atoms with Gasteiger partial charge in [-0.15, -0.1) is 0 Å². The van der Waals surface area contributed by atoms with Crippen LogP contribution >= 0.6 is 0 Å². The molecule has 0 aromatic carbocycles. The van der Waals surface area contributed by atoms with Crippen LogP contribution in [0.15, 0.2) is 18.3 Å². The summed E-state index contributed by atoms with van der Waals surface area (Å²) in [7, 11) is 0. The Labute approximate surface area is 102 Å². The Kier molecular flexibility index (Phi) is 4.19. The van der Waals surface area contributed by atoms with Gasteiger partial charge in [0.2, 0.25) is 11.8 Å². The second-order valence-corrected chi connectivity index (χ2v) is 3.50. The number of nitrogens with zero attached hydrogens (tertiary/aromatic N) is 2. The third-order valence-corrected chi connectivity index (χ3v) is 2.03. The number of nitrogens with two attached hydrogens (primary N) is 2. The fourth-order valence-corrected chi connectivity index (χ4v) is 1.31. The van der Waals surface area contributed by atoms with E-state index in [1.54, 1.807) is 0 Å². The zero-order valence-corrected chi connectivity index (χ0v) is 9.37. The first-order chi connectivity index (χ1) is 8.40. The van der Waals surface area contributed by atoms with Crippen molar-refractivity contribution in [3.63, 3.8) is 0 Å². The monoisotopic (exact) mass is 252 g/mol. The highest BCUT2D eigenvalue weighted by Gasteiger charge is 2.13. The van der Waals surface area contributed by atoms with Crippen molar-refractivity contribution < 1.29 is 19.5 Å². The molecule has 0 saturated carbocycles. The van der Waals surface area contributed by atoms with Crippen molar-refractivity contribution in [2.24, 2.45) is 11.5 Å². The van der Waals surface area contributed by atoms with Crippen molar-refractivity contribution in [3.05, 3.63) is 24.0 Å². The fraction of sp³-hybridized carbons (Fsp3) is 0.200. The van der Waals surface area contributed by atoms with Gasteiger partial charge in [-0.3, -0.25) is 9.59 Å². The average molecular weight is 252 g/mol. The van der Waals surface area contributed by atoms with Gasteiger partial charge in [0.25, 0.3) is 0 Å². The molecule has 0 saturated heterocycles.